The fourth-order valence-corrected chi connectivity index (χ4v) is 3.32. The monoisotopic (exact) mass is 258 g/mol. The summed E-state index contributed by atoms with van der Waals surface area (Å²) in [6.45, 7) is 4.01. The Morgan fingerprint density at radius 1 is 1.42 bits per heavy atom. The van der Waals surface area contributed by atoms with E-state index in [1.807, 2.05) is 0 Å². The van der Waals surface area contributed by atoms with Gasteiger partial charge in [0.25, 0.3) is 0 Å². The van der Waals surface area contributed by atoms with E-state index in [0.29, 0.717) is 5.92 Å². The molecule has 102 valence electrons. The van der Waals surface area contributed by atoms with Crippen molar-refractivity contribution in [3.8, 4) is 0 Å². The van der Waals surface area contributed by atoms with Crippen molar-refractivity contribution in [1.29, 1.82) is 0 Å². The molecule has 19 heavy (non-hydrogen) atoms. The Hall–Kier alpha value is -1.32. The molecular weight excluding hydrogens is 236 g/mol. The number of fused-ring (bicyclic) bond motifs is 1. The summed E-state index contributed by atoms with van der Waals surface area (Å²) in [6, 6.07) is 6.47. The summed E-state index contributed by atoms with van der Waals surface area (Å²) in [6.07, 6.45) is 3.88. The van der Waals surface area contributed by atoms with E-state index in [2.05, 4.69) is 48.3 Å². The van der Waals surface area contributed by atoms with E-state index >= 15 is 0 Å². The Morgan fingerprint density at radius 3 is 3.05 bits per heavy atom. The molecule has 3 heteroatoms. The summed E-state index contributed by atoms with van der Waals surface area (Å²) < 4.78 is 2.21. The Balaban J connectivity index is 1.95. The number of rotatable bonds is 2. The molecule has 0 amide bonds. The van der Waals surface area contributed by atoms with E-state index in [1.165, 1.54) is 22.0 Å². The third-order valence-corrected chi connectivity index (χ3v) is 4.34. The van der Waals surface area contributed by atoms with Crippen molar-refractivity contribution in [3.05, 3.63) is 35.5 Å². The highest BCUT2D eigenvalue weighted by molar-refractivity contribution is 5.86. The van der Waals surface area contributed by atoms with Crippen LogP contribution in [0.5, 0.6) is 0 Å². The molecule has 2 unspecified atom stereocenters. The maximum Gasteiger partial charge on any atom is 0.0595 e. The number of aliphatic hydroxyl groups excluding tert-OH is 1. The van der Waals surface area contributed by atoms with Crippen LogP contribution in [0.4, 0.5) is 0 Å². The van der Waals surface area contributed by atoms with Gasteiger partial charge >= 0.3 is 0 Å². The number of aryl methyl sites for hydroxylation is 2. The third kappa shape index (κ3) is 2.28. The number of hydrogen-bond acceptors (Lipinski definition) is 2. The lowest BCUT2D eigenvalue weighted by Gasteiger charge is -2.28. The molecule has 3 nitrogen and oxygen atoms in total. The first kappa shape index (κ1) is 12.7. The predicted molar refractivity (Wildman–Crippen MR) is 78.3 cm³/mol. The number of nitrogens with one attached hydrogen (secondary N) is 1. The van der Waals surface area contributed by atoms with Gasteiger partial charge in [-0.15, -0.1) is 0 Å². The second-order valence-corrected chi connectivity index (χ2v) is 5.76. The lowest BCUT2D eigenvalue weighted by atomic mass is 9.89. The molecule has 0 aliphatic carbocycles. The van der Waals surface area contributed by atoms with Crippen molar-refractivity contribution < 1.29 is 5.11 Å². The minimum Gasteiger partial charge on any atom is -0.393 e. The van der Waals surface area contributed by atoms with Gasteiger partial charge < -0.3 is 15.0 Å². The average Bonchev–Trinajstić information content (AvgIpc) is 2.71. The van der Waals surface area contributed by atoms with Crippen LogP contribution in [0.2, 0.25) is 0 Å². The van der Waals surface area contributed by atoms with Gasteiger partial charge in [0, 0.05) is 31.1 Å². The molecule has 1 saturated heterocycles. The molecule has 2 N–H and O–H groups in total. The molecule has 2 aromatic rings. The highest BCUT2D eigenvalue weighted by Gasteiger charge is 2.24. The quantitative estimate of drug-likeness (QED) is 0.864. The van der Waals surface area contributed by atoms with Crippen molar-refractivity contribution in [2.45, 2.75) is 25.9 Å². The number of aromatic nitrogens is 1. The Kier molecular flexibility index (Phi) is 3.33. The average molecular weight is 258 g/mol. The third-order valence-electron chi connectivity index (χ3n) is 4.34. The number of hydrogen-bond donors (Lipinski definition) is 2. The molecule has 1 aliphatic heterocycles. The topological polar surface area (TPSA) is 37.2 Å². The van der Waals surface area contributed by atoms with Crippen molar-refractivity contribution in [3.63, 3.8) is 0 Å². The molecule has 0 radical (unpaired) electrons. The highest BCUT2D eigenvalue weighted by atomic mass is 16.3. The smallest absolute Gasteiger partial charge is 0.0595 e. The summed E-state index contributed by atoms with van der Waals surface area (Å²) in [5.41, 5.74) is 3.98. The van der Waals surface area contributed by atoms with Crippen LogP contribution in [0.15, 0.2) is 24.4 Å². The number of piperidine rings is 1. The standard InChI is InChI=1S/C16H22N2O/c1-11-4-3-5-14-13(10-18(2)16(11)14)8-12-9-17-7-6-15(12)19/h3-5,10,12,15,17,19H,6-9H2,1-2H3. The zero-order chi connectivity index (χ0) is 13.4. The SMILES string of the molecule is Cc1cccc2c(CC3CNCCC3O)cn(C)c12. The lowest BCUT2D eigenvalue weighted by Crippen LogP contribution is -2.40. The largest absolute Gasteiger partial charge is 0.393 e. The van der Waals surface area contributed by atoms with Gasteiger partial charge in [-0.2, -0.15) is 0 Å². The zero-order valence-electron chi connectivity index (χ0n) is 11.7. The summed E-state index contributed by atoms with van der Waals surface area (Å²) in [4.78, 5) is 0. The van der Waals surface area contributed by atoms with Gasteiger partial charge in [-0.1, -0.05) is 18.2 Å². The van der Waals surface area contributed by atoms with Crippen LogP contribution >= 0.6 is 0 Å². The molecule has 1 fully saturated rings. The van der Waals surface area contributed by atoms with E-state index in [9.17, 15) is 5.11 Å². The molecule has 1 aliphatic rings. The Labute approximate surface area is 114 Å². The van der Waals surface area contributed by atoms with E-state index in [4.69, 9.17) is 0 Å². The minimum absolute atomic E-state index is 0.165. The van der Waals surface area contributed by atoms with Crippen LogP contribution in [0, 0.1) is 12.8 Å². The van der Waals surface area contributed by atoms with Crippen molar-refractivity contribution >= 4 is 10.9 Å². The van der Waals surface area contributed by atoms with Crippen LogP contribution in [0.3, 0.4) is 0 Å². The summed E-state index contributed by atoms with van der Waals surface area (Å²) in [5, 5.41) is 14.8. The van der Waals surface area contributed by atoms with Gasteiger partial charge in [0.1, 0.15) is 0 Å². The van der Waals surface area contributed by atoms with Crippen molar-refractivity contribution in [1.82, 2.24) is 9.88 Å². The van der Waals surface area contributed by atoms with Gasteiger partial charge in [0.05, 0.1) is 11.6 Å². The predicted octanol–water partition coefficient (Wildman–Crippen LogP) is 2.00. The van der Waals surface area contributed by atoms with Gasteiger partial charge in [-0.25, -0.2) is 0 Å². The van der Waals surface area contributed by atoms with E-state index in [1.54, 1.807) is 0 Å². The normalized spacial score (nSPS) is 23.9. The highest BCUT2D eigenvalue weighted by Crippen LogP contribution is 2.27. The molecule has 2 atom stereocenters. The van der Waals surface area contributed by atoms with Gasteiger partial charge in [-0.3, -0.25) is 0 Å². The van der Waals surface area contributed by atoms with Crippen LogP contribution in [-0.2, 0) is 13.5 Å². The second-order valence-electron chi connectivity index (χ2n) is 5.76. The Morgan fingerprint density at radius 2 is 2.26 bits per heavy atom. The first-order chi connectivity index (χ1) is 9.16. The molecule has 0 bridgehead atoms. The van der Waals surface area contributed by atoms with E-state index < -0.39 is 0 Å². The van der Waals surface area contributed by atoms with Crippen LogP contribution < -0.4 is 5.32 Å². The molecule has 2 heterocycles. The summed E-state index contributed by atoms with van der Waals surface area (Å²) in [7, 11) is 2.11. The minimum atomic E-state index is -0.165. The molecule has 1 aromatic heterocycles. The fourth-order valence-electron chi connectivity index (χ4n) is 3.32. The number of nitrogens with zero attached hydrogens (tertiary/aromatic N) is 1. The van der Waals surface area contributed by atoms with Crippen molar-refractivity contribution in [2.24, 2.45) is 13.0 Å². The van der Waals surface area contributed by atoms with Crippen LogP contribution in [0.1, 0.15) is 17.5 Å². The second kappa shape index (κ2) is 4.99. The summed E-state index contributed by atoms with van der Waals surface area (Å²) in [5.74, 6) is 0.333. The first-order valence-corrected chi connectivity index (χ1v) is 7.09. The number of aliphatic hydroxyl groups is 1. The molecule has 1 aromatic carbocycles. The molecule has 3 rings (SSSR count). The number of para-hydroxylation sites is 1. The maximum atomic E-state index is 10.1. The molecule has 0 saturated carbocycles. The number of benzene rings is 1. The van der Waals surface area contributed by atoms with E-state index in [0.717, 1.165) is 25.9 Å². The summed E-state index contributed by atoms with van der Waals surface area (Å²) >= 11 is 0. The van der Waals surface area contributed by atoms with Gasteiger partial charge in [0.15, 0.2) is 0 Å². The lowest BCUT2D eigenvalue weighted by molar-refractivity contribution is 0.0793. The molecular formula is C16H22N2O. The Bertz CT molecular complexity index is 588. The van der Waals surface area contributed by atoms with Gasteiger partial charge in [-0.05, 0) is 37.4 Å². The van der Waals surface area contributed by atoms with Crippen molar-refractivity contribution in [2.75, 3.05) is 13.1 Å². The van der Waals surface area contributed by atoms with Gasteiger partial charge in [0.2, 0.25) is 0 Å². The van der Waals surface area contributed by atoms with Crippen LogP contribution in [-0.4, -0.2) is 28.9 Å². The fraction of sp³-hybridized carbons (Fsp3) is 0.500. The zero-order valence-corrected chi connectivity index (χ0v) is 11.7. The van der Waals surface area contributed by atoms with Crippen LogP contribution in [0.25, 0.3) is 10.9 Å². The van der Waals surface area contributed by atoms with E-state index in [-0.39, 0.29) is 6.10 Å². The molecule has 0 spiro atoms. The maximum absolute atomic E-state index is 10.1. The first-order valence-electron chi connectivity index (χ1n) is 7.09.